The van der Waals surface area contributed by atoms with Gasteiger partial charge in [0, 0.05) is 22.2 Å². The zero-order chi connectivity index (χ0) is 18.1. The van der Waals surface area contributed by atoms with Crippen LogP contribution in [0.5, 0.6) is 11.5 Å². The second kappa shape index (κ2) is 9.77. The summed E-state index contributed by atoms with van der Waals surface area (Å²) in [5.41, 5.74) is 0.727. The summed E-state index contributed by atoms with van der Waals surface area (Å²) in [5, 5.41) is 12.3. The molecule has 1 N–H and O–H groups in total. The maximum atomic E-state index is 11.4. The van der Waals surface area contributed by atoms with E-state index < -0.39 is 0 Å². The van der Waals surface area contributed by atoms with Gasteiger partial charge in [0.25, 0.3) is 0 Å². The predicted octanol–water partition coefficient (Wildman–Crippen LogP) is 3.98. The van der Waals surface area contributed by atoms with Crippen LogP contribution in [0.1, 0.15) is 12.0 Å². The van der Waals surface area contributed by atoms with Gasteiger partial charge in [-0.05, 0) is 42.5 Å². The SMILES string of the molecule is N#CCC(=O)NCc1cc(Cl)ccc1OCCOc1ccc(Cl)cc1. The lowest BCUT2D eigenvalue weighted by atomic mass is 10.2. The van der Waals surface area contributed by atoms with Crippen LogP contribution in [0.15, 0.2) is 42.5 Å². The quantitative estimate of drug-likeness (QED) is 0.705. The van der Waals surface area contributed by atoms with Gasteiger partial charge in [-0.15, -0.1) is 0 Å². The Bertz CT molecular complexity index is 758. The lowest BCUT2D eigenvalue weighted by Crippen LogP contribution is -2.22. The van der Waals surface area contributed by atoms with Gasteiger partial charge >= 0.3 is 0 Å². The molecule has 0 atom stereocenters. The second-order valence-corrected chi connectivity index (χ2v) is 5.89. The monoisotopic (exact) mass is 378 g/mol. The Labute approximate surface area is 156 Å². The summed E-state index contributed by atoms with van der Waals surface area (Å²) in [6, 6.07) is 14.0. The fraction of sp³-hybridized carbons (Fsp3) is 0.222. The number of ether oxygens (including phenoxy) is 2. The van der Waals surface area contributed by atoms with Gasteiger partial charge in [0.1, 0.15) is 31.1 Å². The number of amides is 1. The van der Waals surface area contributed by atoms with Crippen molar-refractivity contribution in [3.05, 3.63) is 58.1 Å². The van der Waals surface area contributed by atoms with E-state index in [0.717, 1.165) is 5.56 Å². The van der Waals surface area contributed by atoms with Crippen molar-refractivity contribution in [3.63, 3.8) is 0 Å². The van der Waals surface area contributed by atoms with Gasteiger partial charge in [-0.3, -0.25) is 4.79 Å². The van der Waals surface area contributed by atoms with E-state index in [9.17, 15) is 4.79 Å². The van der Waals surface area contributed by atoms with Crippen molar-refractivity contribution in [2.24, 2.45) is 0 Å². The van der Waals surface area contributed by atoms with Crippen molar-refractivity contribution in [2.45, 2.75) is 13.0 Å². The molecule has 0 spiro atoms. The Morgan fingerprint density at radius 1 is 1.04 bits per heavy atom. The van der Waals surface area contributed by atoms with Crippen LogP contribution < -0.4 is 14.8 Å². The van der Waals surface area contributed by atoms with E-state index in [0.29, 0.717) is 34.8 Å². The average Bonchev–Trinajstić information content (AvgIpc) is 2.60. The second-order valence-electron chi connectivity index (χ2n) is 5.01. The van der Waals surface area contributed by atoms with E-state index in [1.54, 1.807) is 48.5 Å². The van der Waals surface area contributed by atoms with E-state index in [2.05, 4.69) is 5.32 Å². The first-order valence-corrected chi connectivity index (χ1v) is 8.27. The van der Waals surface area contributed by atoms with Crippen LogP contribution in [0.4, 0.5) is 0 Å². The third kappa shape index (κ3) is 6.54. The first-order valence-electron chi connectivity index (χ1n) is 7.51. The number of halogens is 2. The van der Waals surface area contributed by atoms with Crippen molar-refractivity contribution in [3.8, 4) is 17.6 Å². The summed E-state index contributed by atoms with van der Waals surface area (Å²) in [6.45, 7) is 0.905. The molecule has 0 heterocycles. The lowest BCUT2D eigenvalue weighted by molar-refractivity contribution is -0.120. The van der Waals surface area contributed by atoms with Crippen LogP contribution in [0.25, 0.3) is 0 Å². The zero-order valence-electron chi connectivity index (χ0n) is 13.3. The van der Waals surface area contributed by atoms with Gasteiger partial charge in [0.05, 0.1) is 6.07 Å². The lowest BCUT2D eigenvalue weighted by Gasteiger charge is -2.13. The number of carbonyl (C=O) groups excluding carboxylic acids is 1. The highest BCUT2D eigenvalue weighted by molar-refractivity contribution is 6.30. The first kappa shape index (κ1) is 18.9. The summed E-state index contributed by atoms with van der Waals surface area (Å²) in [5.74, 6) is 0.953. The van der Waals surface area contributed by atoms with E-state index in [1.807, 2.05) is 0 Å². The Balaban J connectivity index is 1.87. The molecule has 5 nitrogen and oxygen atoms in total. The van der Waals surface area contributed by atoms with Gasteiger partial charge in [0.15, 0.2) is 0 Å². The smallest absolute Gasteiger partial charge is 0.234 e. The third-order valence-electron chi connectivity index (χ3n) is 3.16. The Kier molecular flexibility index (Phi) is 7.39. The number of benzene rings is 2. The molecule has 0 saturated heterocycles. The fourth-order valence-electron chi connectivity index (χ4n) is 2.00. The number of nitrogens with zero attached hydrogens (tertiary/aromatic N) is 1. The Hall–Kier alpha value is -2.42. The topological polar surface area (TPSA) is 71.4 Å². The molecule has 2 rings (SSSR count). The largest absolute Gasteiger partial charge is 0.490 e. The maximum absolute atomic E-state index is 11.4. The molecule has 0 saturated carbocycles. The molecule has 0 aliphatic carbocycles. The van der Waals surface area contributed by atoms with Crippen molar-refractivity contribution in [1.29, 1.82) is 5.26 Å². The van der Waals surface area contributed by atoms with Gasteiger partial charge < -0.3 is 14.8 Å². The van der Waals surface area contributed by atoms with E-state index >= 15 is 0 Å². The predicted molar refractivity (Wildman–Crippen MR) is 96.0 cm³/mol. The van der Waals surface area contributed by atoms with Gasteiger partial charge in [0.2, 0.25) is 5.91 Å². The van der Waals surface area contributed by atoms with Crippen molar-refractivity contribution in [1.82, 2.24) is 5.32 Å². The van der Waals surface area contributed by atoms with E-state index in [4.69, 9.17) is 37.9 Å². The molecule has 2 aromatic rings. The number of nitrogens with one attached hydrogen (secondary N) is 1. The molecule has 0 aliphatic rings. The van der Waals surface area contributed by atoms with Crippen LogP contribution in [0.2, 0.25) is 10.0 Å². The van der Waals surface area contributed by atoms with E-state index in [1.165, 1.54) is 0 Å². The number of rotatable bonds is 8. The van der Waals surface area contributed by atoms with Crippen LogP contribution in [-0.4, -0.2) is 19.1 Å². The molecule has 0 aromatic heterocycles. The summed E-state index contributed by atoms with van der Waals surface area (Å²) in [6.07, 6.45) is -0.189. The minimum atomic E-state index is -0.348. The number of hydrogen-bond acceptors (Lipinski definition) is 4. The molecule has 0 unspecified atom stereocenters. The minimum absolute atomic E-state index is 0.189. The highest BCUT2D eigenvalue weighted by atomic mass is 35.5. The molecule has 130 valence electrons. The highest BCUT2D eigenvalue weighted by Crippen LogP contribution is 2.23. The standard InChI is InChI=1S/C18H16Cl2N2O3/c19-14-1-4-16(5-2-14)24-9-10-25-17-6-3-15(20)11-13(17)12-22-18(23)7-8-21/h1-6,11H,7,9-10,12H2,(H,22,23). The molecule has 25 heavy (non-hydrogen) atoms. The summed E-state index contributed by atoms with van der Waals surface area (Å²) >= 11 is 11.8. The van der Waals surface area contributed by atoms with Gasteiger partial charge in [-0.2, -0.15) is 5.26 Å². The highest BCUT2D eigenvalue weighted by Gasteiger charge is 2.07. The number of carbonyl (C=O) groups is 1. The molecule has 0 fully saturated rings. The van der Waals surface area contributed by atoms with E-state index in [-0.39, 0.29) is 18.9 Å². The first-order chi connectivity index (χ1) is 12.1. The molecule has 0 radical (unpaired) electrons. The number of hydrogen-bond donors (Lipinski definition) is 1. The van der Waals surface area contributed by atoms with Gasteiger partial charge in [-0.25, -0.2) is 0 Å². The fourth-order valence-corrected chi connectivity index (χ4v) is 2.32. The van der Waals surface area contributed by atoms with Crippen LogP contribution >= 0.6 is 23.2 Å². The minimum Gasteiger partial charge on any atom is -0.490 e. The zero-order valence-corrected chi connectivity index (χ0v) is 14.8. The van der Waals surface area contributed by atoms with Crippen molar-refractivity contribution < 1.29 is 14.3 Å². The molecule has 1 amide bonds. The summed E-state index contributed by atoms with van der Waals surface area (Å²) in [4.78, 5) is 11.4. The van der Waals surface area contributed by atoms with Crippen molar-refractivity contribution >= 4 is 29.1 Å². The van der Waals surface area contributed by atoms with Gasteiger partial charge in [-0.1, -0.05) is 23.2 Å². The van der Waals surface area contributed by atoms with Crippen LogP contribution in [-0.2, 0) is 11.3 Å². The van der Waals surface area contributed by atoms with Crippen molar-refractivity contribution in [2.75, 3.05) is 13.2 Å². The summed E-state index contributed by atoms with van der Waals surface area (Å²) < 4.78 is 11.3. The normalized spacial score (nSPS) is 9.96. The molecule has 0 aliphatic heterocycles. The third-order valence-corrected chi connectivity index (χ3v) is 3.65. The molecule has 2 aromatic carbocycles. The molecular weight excluding hydrogens is 363 g/mol. The average molecular weight is 379 g/mol. The molecule has 0 bridgehead atoms. The summed E-state index contributed by atoms with van der Waals surface area (Å²) in [7, 11) is 0. The Morgan fingerprint density at radius 2 is 1.72 bits per heavy atom. The number of nitriles is 1. The van der Waals surface area contributed by atoms with Crippen LogP contribution in [0.3, 0.4) is 0 Å². The molecular formula is C18H16Cl2N2O3. The molecule has 7 heteroatoms. The van der Waals surface area contributed by atoms with Crippen LogP contribution in [0, 0.1) is 11.3 Å². The Morgan fingerprint density at radius 3 is 2.44 bits per heavy atom. The maximum Gasteiger partial charge on any atom is 0.234 e.